The Morgan fingerprint density at radius 2 is 2.23 bits per heavy atom. The van der Waals surface area contributed by atoms with Crippen LogP contribution in [0.15, 0.2) is 24.3 Å². The van der Waals surface area contributed by atoms with Crippen molar-refractivity contribution in [2.75, 3.05) is 19.7 Å². The molecule has 1 aliphatic heterocycles. The van der Waals surface area contributed by atoms with Crippen LogP contribution in [-0.4, -0.2) is 41.5 Å². The smallest absolute Gasteiger partial charge is 0.350 e. The van der Waals surface area contributed by atoms with Crippen LogP contribution in [0, 0.1) is 12.8 Å². The van der Waals surface area contributed by atoms with E-state index < -0.39 is 5.97 Å². The molecule has 0 radical (unpaired) electrons. The summed E-state index contributed by atoms with van der Waals surface area (Å²) in [6, 6.07) is 7.31. The van der Waals surface area contributed by atoms with Gasteiger partial charge in [-0.05, 0) is 37.8 Å². The molecule has 0 saturated carbocycles. The minimum Gasteiger partial charge on any atom is -0.451 e. The maximum absolute atomic E-state index is 12.4. The maximum Gasteiger partial charge on any atom is 0.350 e. The average Bonchev–Trinajstić information content (AvgIpc) is 3.01. The zero-order chi connectivity index (χ0) is 18.7. The number of aromatic nitrogens is 1. The van der Waals surface area contributed by atoms with E-state index in [1.165, 1.54) is 11.3 Å². The normalized spacial score (nSPS) is 17.2. The highest BCUT2D eigenvalue weighted by atomic mass is 35.5. The first-order valence-electron chi connectivity index (χ1n) is 8.62. The van der Waals surface area contributed by atoms with E-state index >= 15 is 0 Å². The van der Waals surface area contributed by atoms with E-state index in [1.54, 1.807) is 24.0 Å². The van der Waals surface area contributed by atoms with Crippen molar-refractivity contribution in [2.45, 2.75) is 26.7 Å². The molecule has 26 heavy (non-hydrogen) atoms. The molecule has 1 fully saturated rings. The predicted molar refractivity (Wildman–Crippen MR) is 103 cm³/mol. The van der Waals surface area contributed by atoms with Crippen LogP contribution in [0.4, 0.5) is 0 Å². The fourth-order valence-electron chi connectivity index (χ4n) is 3.03. The molecule has 1 aromatic heterocycles. The van der Waals surface area contributed by atoms with Crippen LogP contribution in [0.25, 0.3) is 10.6 Å². The molecular formula is C19H21ClN2O3S. The van der Waals surface area contributed by atoms with Crippen LogP contribution >= 0.6 is 22.9 Å². The van der Waals surface area contributed by atoms with Gasteiger partial charge in [-0.25, -0.2) is 9.78 Å². The molecule has 5 nitrogen and oxygen atoms in total. The lowest BCUT2D eigenvalue weighted by atomic mass is 10.0. The number of amides is 1. The number of carbonyl (C=O) groups is 2. The molecule has 0 spiro atoms. The van der Waals surface area contributed by atoms with Crippen molar-refractivity contribution >= 4 is 34.8 Å². The lowest BCUT2D eigenvalue weighted by Crippen LogP contribution is -2.41. The Bertz CT molecular complexity index is 821. The Morgan fingerprint density at radius 3 is 2.96 bits per heavy atom. The molecule has 1 aliphatic rings. The number of piperidine rings is 1. The molecule has 2 aromatic rings. The van der Waals surface area contributed by atoms with Crippen LogP contribution in [-0.2, 0) is 9.53 Å². The van der Waals surface area contributed by atoms with Crippen molar-refractivity contribution in [3.8, 4) is 10.6 Å². The average molecular weight is 393 g/mol. The van der Waals surface area contributed by atoms with E-state index in [9.17, 15) is 9.59 Å². The lowest BCUT2D eigenvalue weighted by molar-refractivity contribution is -0.136. The maximum atomic E-state index is 12.4. The third-order valence-electron chi connectivity index (χ3n) is 4.39. The monoisotopic (exact) mass is 392 g/mol. The van der Waals surface area contributed by atoms with Crippen molar-refractivity contribution in [1.82, 2.24) is 9.88 Å². The molecular weight excluding hydrogens is 372 g/mol. The topological polar surface area (TPSA) is 59.5 Å². The zero-order valence-electron chi connectivity index (χ0n) is 14.8. The van der Waals surface area contributed by atoms with E-state index in [4.69, 9.17) is 16.3 Å². The summed E-state index contributed by atoms with van der Waals surface area (Å²) in [5.41, 5.74) is 1.44. The van der Waals surface area contributed by atoms with Crippen molar-refractivity contribution in [2.24, 2.45) is 5.92 Å². The predicted octanol–water partition coefficient (Wildman–Crippen LogP) is 4.19. The molecule has 1 saturated heterocycles. The number of hydrogen-bond acceptors (Lipinski definition) is 5. The van der Waals surface area contributed by atoms with Crippen molar-refractivity contribution in [3.63, 3.8) is 0 Å². The number of likely N-dealkylation sites (tertiary alicyclic amines) is 1. The first kappa shape index (κ1) is 18.9. The molecule has 2 heterocycles. The Labute approximate surface area is 161 Å². The van der Waals surface area contributed by atoms with Crippen molar-refractivity contribution in [3.05, 3.63) is 39.9 Å². The van der Waals surface area contributed by atoms with Gasteiger partial charge in [-0.1, -0.05) is 30.7 Å². The highest BCUT2D eigenvalue weighted by Crippen LogP contribution is 2.30. The van der Waals surface area contributed by atoms with Gasteiger partial charge in [0.15, 0.2) is 6.61 Å². The third kappa shape index (κ3) is 4.43. The van der Waals surface area contributed by atoms with E-state index in [0.717, 1.165) is 31.5 Å². The second-order valence-corrected chi connectivity index (χ2v) is 8.04. The number of hydrogen-bond donors (Lipinski definition) is 0. The number of aryl methyl sites for hydroxylation is 1. The summed E-state index contributed by atoms with van der Waals surface area (Å²) in [7, 11) is 0. The summed E-state index contributed by atoms with van der Waals surface area (Å²) in [6.45, 7) is 5.13. The quantitative estimate of drug-likeness (QED) is 0.732. The second kappa shape index (κ2) is 8.18. The van der Waals surface area contributed by atoms with Gasteiger partial charge in [-0.3, -0.25) is 4.79 Å². The molecule has 0 aliphatic carbocycles. The first-order chi connectivity index (χ1) is 12.4. The Balaban J connectivity index is 1.64. The van der Waals surface area contributed by atoms with E-state index in [-0.39, 0.29) is 12.5 Å². The number of rotatable bonds is 4. The van der Waals surface area contributed by atoms with Gasteiger partial charge in [-0.2, -0.15) is 0 Å². The molecule has 0 unspecified atom stereocenters. The zero-order valence-corrected chi connectivity index (χ0v) is 16.4. The van der Waals surface area contributed by atoms with Crippen LogP contribution in [0.3, 0.4) is 0 Å². The largest absolute Gasteiger partial charge is 0.451 e. The molecule has 138 valence electrons. The minimum atomic E-state index is -0.508. The number of benzene rings is 1. The Kier molecular flexibility index (Phi) is 5.94. The molecule has 1 aromatic carbocycles. The lowest BCUT2D eigenvalue weighted by Gasteiger charge is -2.30. The Hall–Kier alpha value is -1.92. The van der Waals surface area contributed by atoms with Gasteiger partial charge >= 0.3 is 5.97 Å². The van der Waals surface area contributed by atoms with Gasteiger partial charge in [0.1, 0.15) is 9.88 Å². The molecule has 0 N–H and O–H groups in total. The fraction of sp³-hybridized carbons (Fsp3) is 0.421. The fourth-order valence-corrected chi connectivity index (χ4v) is 4.18. The second-order valence-electron chi connectivity index (χ2n) is 6.61. The van der Waals surface area contributed by atoms with Crippen LogP contribution < -0.4 is 0 Å². The van der Waals surface area contributed by atoms with Gasteiger partial charge in [0.05, 0.1) is 5.69 Å². The van der Waals surface area contributed by atoms with E-state index in [2.05, 4.69) is 11.9 Å². The molecule has 7 heteroatoms. The number of ether oxygens (including phenoxy) is 1. The summed E-state index contributed by atoms with van der Waals surface area (Å²) in [4.78, 5) is 31.3. The standard InChI is InChI=1S/C19H21ClN2O3S/c1-12-5-4-8-22(10-12)16(23)11-25-19(24)17-13(2)21-18(26-17)14-6-3-7-15(20)9-14/h3,6-7,9,12H,4-5,8,10-11H2,1-2H3/t12-/m0/s1. The van der Waals surface area contributed by atoms with Crippen LogP contribution in [0.2, 0.25) is 5.02 Å². The van der Waals surface area contributed by atoms with Gasteiger partial charge in [-0.15, -0.1) is 11.3 Å². The van der Waals surface area contributed by atoms with Crippen molar-refractivity contribution < 1.29 is 14.3 Å². The number of esters is 1. The van der Waals surface area contributed by atoms with E-state index in [0.29, 0.717) is 26.5 Å². The summed E-state index contributed by atoms with van der Waals surface area (Å²) >= 11 is 7.26. The molecule has 1 atom stereocenters. The first-order valence-corrected chi connectivity index (χ1v) is 9.81. The van der Waals surface area contributed by atoms with Gasteiger partial charge < -0.3 is 9.64 Å². The van der Waals surface area contributed by atoms with Crippen molar-refractivity contribution in [1.29, 1.82) is 0 Å². The van der Waals surface area contributed by atoms with Crippen LogP contribution in [0.5, 0.6) is 0 Å². The SMILES string of the molecule is Cc1nc(-c2cccc(Cl)c2)sc1C(=O)OCC(=O)N1CCC[C@H](C)C1. The Morgan fingerprint density at radius 1 is 1.42 bits per heavy atom. The summed E-state index contributed by atoms with van der Waals surface area (Å²) in [6.07, 6.45) is 2.13. The number of carbonyl (C=O) groups excluding carboxylic acids is 2. The number of nitrogens with zero attached hydrogens (tertiary/aromatic N) is 2. The molecule has 1 amide bonds. The third-order valence-corrected chi connectivity index (χ3v) is 5.81. The number of halogens is 1. The highest BCUT2D eigenvalue weighted by molar-refractivity contribution is 7.17. The minimum absolute atomic E-state index is 0.137. The van der Waals surface area contributed by atoms with Crippen LogP contribution in [0.1, 0.15) is 35.1 Å². The van der Waals surface area contributed by atoms with E-state index in [1.807, 2.05) is 12.1 Å². The summed E-state index contributed by atoms with van der Waals surface area (Å²) in [5.74, 6) is -0.152. The summed E-state index contributed by atoms with van der Waals surface area (Å²) < 4.78 is 5.25. The van der Waals surface area contributed by atoms with Gasteiger partial charge in [0.2, 0.25) is 0 Å². The number of thiazole rings is 1. The summed E-state index contributed by atoms with van der Waals surface area (Å²) in [5, 5.41) is 1.31. The molecule has 3 rings (SSSR count). The van der Waals surface area contributed by atoms with Gasteiger partial charge in [0.25, 0.3) is 5.91 Å². The molecule has 0 bridgehead atoms. The highest BCUT2D eigenvalue weighted by Gasteiger charge is 2.23. The van der Waals surface area contributed by atoms with Gasteiger partial charge in [0, 0.05) is 23.7 Å².